The van der Waals surface area contributed by atoms with Crippen LogP contribution in [0.15, 0.2) is 54.6 Å². The molecule has 0 radical (unpaired) electrons. The van der Waals surface area contributed by atoms with Crippen LogP contribution in [0.1, 0.15) is 44.6 Å². The molecule has 0 aromatic heterocycles. The molecule has 0 bridgehead atoms. The zero-order chi connectivity index (χ0) is 22.6. The van der Waals surface area contributed by atoms with E-state index in [1.165, 1.54) is 0 Å². The number of carbonyl (C=O) groups excluding carboxylic acids is 1. The molecule has 2 aliphatic rings. The summed E-state index contributed by atoms with van der Waals surface area (Å²) in [7, 11) is -3.29. The highest BCUT2D eigenvalue weighted by molar-refractivity contribution is 7.89. The average Bonchev–Trinajstić information content (AvgIpc) is 3.09. The van der Waals surface area contributed by atoms with E-state index in [9.17, 15) is 13.2 Å². The van der Waals surface area contributed by atoms with Crippen LogP contribution in [0.5, 0.6) is 11.5 Å². The number of rotatable bonds is 8. The van der Waals surface area contributed by atoms with Crippen molar-refractivity contribution in [3.8, 4) is 11.5 Å². The fourth-order valence-electron chi connectivity index (χ4n) is 4.71. The Morgan fingerprint density at radius 1 is 0.969 bits per heavy atom. The molecule has 1 amide bonds. The molecule has 2 aliphatic heterocycles. The maximum absolute atomic E-state index is 13.4. The van der Waals surface area contributed by atoms with Crippen LogP contribution < -0.4 is 4.74 Å². The smallest absolute Gasteiger partial charge is 0.230 e. The summed E-state index contributed by atoms with van der Waals surface area (Å²) < 4.78 is 32.8. The van der Waals surface area contributed by atoms with Crippen LogP contribution in [-0.2, 0) is 21.4 Å². The van der Waals surface area contributed by atoms with E-state index in [1.807, 2.05) is 66.4 Å². The highest BCUT2D eigenvalue weighted by Crippen LogP contribution is 2.41. The van der Waals surface area contributed by atoms with Crippen molar-refractivity contribution in [2.75, 3.05) is 25.4 Å². The number of unbranched alkanes of at least 4 members (excludes halogenated alkanes) is 1. The van der Waals surface area contributed by atoms with Gasteiger partial charge in [-0.1, -0.05) is 43.7 Å². The Morgan fingerprint density at radius 2 is 1.69 bits per heavy atom. The Bertz CT molecular complexity index is 1020. The first-order valence-corrected chi connectivity index (χ1v) is 13.1. The summed E-state index contributed by atoms with van der Waals surface area (Å²) in [5.41, 5.74) is 0.479. The Morgan fingerprint density at radius 3 is 2.41 bits per heavy atom. The molecular weight excluding hydrogens is 424 g/mol. The number of likely N-dealkylation sites (tertiary alicyclic amines) is 1. The van der Waals surface area contributed by atoms with Crippen LogP contribution in [0, 0.1) is 5.41 Å². The molecule has 1 spiro atoms. The number of sulfonamides is 1. The van der Waals surface area contributed by atoms with E-state index in [0.717, 1.165) is 42.7 Å². The molecule has 2 heterocycles. The van der Waals surface area contributed by atoms with Crippen LogP contribution in [-0.4, -0.2) is 48.9 Å². The third-order valence-corrected chi connectivity index (χ3v) is 8.47. The molecule has 7 heteroatoms. The van der Waals surface area contributed by atoms with Gasteiger partial charge in [-0.15, -0.1) is 0 Å². The Hall–Kier alpha value is -2.38. The molecule has 6 nitrogen and oxygen atoms in total. The Balaban J connectivity index is 1.39. The van der Waals surface area contributed by atoms with E-state index in [2.05, 4.69) is 0 Å². The van der Waals surface area contributed by atoms with Gasteiger partial charge in [0.25, 0.3) is 0 Å². The lowest BCUT2D eigenvalue weighted by Crippen LogP contribution is -2.50. The largest absolute Gasteiger partial charge is 0.457 e. The molecular formula is C25H32N2O4S. The minimum atomic E-state index is -3.29. The van der Waals surface area contributed by atoms with Gasteiger partial charge in [0, 0.05) is 26.2 Å². The van der Waals surface area contributed by atoms with Crippen molar-refractivity contribution in [3.05, 3.63) is 60.2 Å². The molecule has 4 rings (SSSR count). The van der Waals surface area contributed by atoms with Crippen LogP contribution in [0.2, 0.25) is 0 Å². The SMILES string of the molecule is CCCCS(=O)(=O)N1CCCC2(CCN(Cc3ccc(Oc4ccccc4)cc3)C2=O)C1. The molecule has 2 saturated heterocycles. The number of piperidine rings is 1. The van der Waals surface area contributed by atoms with Gasteiger partial charge in [0.1, 0.15) is 11.5 Å². The number of para-hydroxylation sites is 1. The monoisotopic (exact) mass is 456 g/mol. The minimum Gasteiger partial charge on any atom is -0.457 e. The molecule has 0 aliphatic carbocycles. The highest BCUT2D eigenvalue weighted by atomic mass is 32.2. The predicted molar refractivity (Wildman–Crippen MR) is 125 cm³/mol. The lowest BCUT2D eigenvalue weighted by atomic mass is 9.79. The first kappa shape index (κ1) is 22.8. The molecule has 32 heavy (non-hydrogen) atoms. The molecule has 0 saturated carbocycles. The zero-order valence-electron chi connectivity index (χ0n) is 18.7. The number of amides is 1. The third kappa shape index (κ3) is 4.99. The maximum Gasteiger partial charge on any atom is 0.230 e. The van der Waals surface area contributed by atoms with E-state index < -0.39 is 15.4 Å². The van der Waals surface area contributed by atoms with Crippen LogP contribution in [0.4, 0.5) is 0 Å². The molecule has 2 aromatic rings. The quantitative estimate of drug-likeness (QED) is 0.590. The Labute approximate surface area is 191 Å². The fourth-order valence-corrected chi connectivity index (χ4v) is 6.48. The summed E-state index contributed by atoms with van der Waals surface area (Å²) in [6.45, 7) is 4.06. The van der Waals surface area contributed by atoms with Gasteiger partial charge < -0.3 is 9.64 Å². The van der Waals surface area contributed by atoms with E-state index >= 15 is 0 Å². The summed E-state index contributed by atoms with van der Waals surface area (Å²) >= 11 is 0. The number of hydrogen-bond acceptors (Lipinski definition) is 4. The fraction of sp³-hybridized carbons (Fsp3) is 0.480. The zero-order valence-corrected chi connectivity index (χ0v) is 19.5. The predicted octanol–water partition coefficient (Wildman–Crippen LogP) is 4.42. The van der Waals surface area contributed by atoms with Gasteiger partial charge in [-0.2, -0.15) is 0 Å². The summed E-state index contributed by atoms with van der Waals surface area (Å²) in [5, 5.41) is 0. The number of nitrogens with zero attached hydrogens (tertiary/aromatic N) is 2. The first-order chi connectivity index (χ1) is 15.4. The molecule has 1 atom stereocenters. The summed E-state index contributed by atoms with van der Waals surface area (Å²) in [5.74, 6) is 1.81. The lowest BCUT2D eigenvalue weighted by Gasteiger charge is -2.38. The van der Waals surface area contributed by atoms with Crippen molar-refractivity contribution in [1.82, 2.24) is 9.21 Å². The maximum atomic E-state index is 13.4. The van der Waals surface area contributed by atoms with E-state index in [-0.39, 0.29) is 11.7 Å². The second-order valence-corrected chi connectivity index (χ2v) is 11.0. The van der Waals surface area contributed by atoms with Gasteiger partial charge in [-0.05, 0) is 55.5 Å². The van der Waals surface area contributed by atoms with E-state index in [4.69, 9.17) is 4.74 Å². The molecule has 172 valence electrons. The summed E-state index contributed by atoms with van der Waals surface area (Å²) in [6, 6.07) is 17.4. The standard InChI is InChI=1S/C25H32N2O4S/c1-2-3-18-32(29,30)27-16-7-14-25(20-27)15-17-26(24(25)28)19-21-10-12-23(13-11-21)31-22-8-5-4-6-9-22/h4-6,8-13H,2-3,7,14-20H2,1H3. The molecule has 1 unspecified atom stereocenters. The van der Waals surface area contributed by atoms with Gasteiger partial charge >= 0.3 is 0 Å². The highest BCUT2D eigenvalue weighted by Gasteiger charge is 2.50. The van der Waals surface area contributed by atoms with Gasteiger partial charge in [0.05, 0.1) is 11.2 Å². The molecule has 0 N–H and O–H groups in total. The van der Waals surface area contributed by atoms with Gasteiger partial charge in [-0.25, -0.2) is 12.7 Å². The number of benzene rings is 2. The molecule has 2 aromatic carbocycles. The first-order valence-electron chi connectivity index (χ1n) is 11.5. The third-order valence-electron chi connectivity index (χ3n) is 6.57. The number of hydrogen-bond donors (Lipinski definition) is 0. The average molecular weight is 457 g/mol. The second kappa shape index (κ2) is 9.63. The van der Waals surface area contributed by atoms with Crippen molar-refractivity contribution in [3.63, 3.8) is 0 Å². The second-order valence-electron chi connectivity index (χ2n) is 8.92. The van der Waals surface area contributed by atoms with E-state index in [1.54, 1.807) is 4.31 Å². The van der Waals surface area contributed by atoms with Gasteiger partial charge in [0.15, 0.2) is 0 Å². The van der Waals surface area contributed by atoms with Crippen LogP contribution in [0.25, 0.3) is 0 Å². The van der Waals surface area contributed by atoms with Gasteiger partial charge in [-0.3, -0.25) is 4.79 Å². The molecule has 2 fully saturated rings. The van der Waals surface area contributed by atoms with Crippen molar-refractivity contribution in [1.29, 1.82) is 0 Å². The van der Waals surface area contributed by atoms with Crippen molar-refractivity contribution >= 4 is 15.9 Å². The number of carbonyl (C=O) groups is 1. The van der Waals surface area contributed by atoms with Gasteiger partial charge in [0.2, 0.25) is 15.9 Å². The van der Waals surface area contributed by atoms with Crippen LogP contribution in [0.3, 0.4) is 0 Å². The summed E-state index contributed by atoms with van der Waals surface area (Å²) in [4.78, 5) is 15.2. The minimum absolute atomic E-state index is 0.0949. The normalized spacial score (nSPS) is 21.9. The van der Waals surface area contributed by atoms with E-state index in [0.29, 0.717) is 32.6 Å². The van der Waals surface area contributed by atoms with Crippen molar-refractivity contribution in [2.45, 2.75) is 45.6 Å². The lowest BCUT2D eigenvalue weighted by molar-refractivity contribution is -0.138. The van der Waals surface area contributed by atoms with Crippen molar-refractivity contribution in [2.24, 2.45) is 5.41 Å². The number of ether oxygens (including phenoxy) is 1. The summed E-state index contributed by atoms with van der Waals surface area (Å²) in [6.07, 6.45) is 3.75. The van der Waals surface area contributed by atoms with Crippen LogP contribution >= 0.6 is 0 Å². The Kier molecular flexibility index (Phi) is 6.86. The topological polar surface area (TPSA) is 66.9 Å². The van der Waals surface area contributed by atoms with Crippen molar-refractivity contribution < 1.29 is 17.9 Å².